The number of rotatable bonds is 3. The fourth-order valence-electron chi connectivity index (χ4n) is 3.40. The molecule has 4 unspecified atom stereocenters. The van der Waals surface area contributed by atoms with E-state index in [4.69, 9.17) is 18.9 Å². The minimum absolute atomic E-state index is 0.0174. The maximum absolute atomic E-state index is 11.2. The van der Waals surface area contributed by atoms with Gasteiger partial charge in [0.1, 0.15) is 17.5 Å². The summed E-state index contributed by atoms with van der Waals surface area (Å²) in [6.07, 6.45) is 2.91. The van der Waals surface area contributed by atoms with Crippen LogP contribution in [0.3, 0.4) is 0 Å². The van der Waals surface area contributed by atoms with Crippen LogP contribution >= 0.6 is 0 Å². The van der Waals surface area contributed by atoms with Crippen LogP contribution in [0.5, 0.6) is 0 Å². The lowest BCUT2D eigenvalue weighted by Crippen LogP contribution is -2.54. The molecule has 5 atom stereocenters. The molecule has 102 valence electrons. The molecule has 3 aliphatic heterocycles. The van der Waals surface area contributed by atoms with E-state index in [9.17, 15) is 4.79 Å². The second-order valence-electron chi connectivity index (χ2n) is 5.57. The van der Waals surface area contributed by atoms with Gasteiger partial charge in [-0.05, 0) is 19.8 Å². The largest absolute Gasteiger partial charge is 0.366 e. The number of methoxy groups -OCH3 is 1. The van der Waals surface area contributed by atoms with E-state index in [1.54, 1.807) is 14.0 Å². The van der Waals surface area contributed by atoms with Crippen LogP contribution in [0, 0.1) is 0 Å². The Kier molecular flexibility index (Phi) is 3.18. The Morgan fingerprint density at radius 1 is 1.44 bits per heavy atom. The van der Waals surface area contributed by atoms with Crippen molar-refractivity contribution < 1.29 is 23.7 Å². The summed E-state index contributed by atoms with van der Waals surface area (Å²) in [6.45, 7) is 2.11. The molecule has 3 aliphatic rings. The van der Waals surface area contributed by atoms with Crippen LogP contribution in [0.25, 0.3) is 0 Å². The van der Waals surface area contributed by atoms with Crippen LogP contribution in [0.15, 0.2) is 0 Å². The quantitative estimate of drug-likeness (QED) is 0.755. The molecule has 3 heterocycles. The maximum atomic E-state index is 11.2. The molecular weight excluding hydrogens is 236 g/mol. The van der Waals surface area contributed by atoms with Crippen LogP contribution in [-0.4, -0.2) is 49.7 Å². The molecule has 0 aromatic carbocycles. The van der Waals surface area contributed by atoms with E-state index in [1.807, 2.05) is 0 Å². The first-order valence-electron chi connectivity index (χ1n) is 6.60. The Morgan fingerprint density at radius 3 is 3.00 bits per heavy atom. The van der Waals surface area contributed by atoms with Crippen molar-refractivity contribution in [1.29, 1.82) is 0 Å². The molecule has 0 saturated carbocycles. The molecule has 3 rings (SSSR count). The molecule has 3 saturated heterocycles. The first-order valence-corrected chi connectivity index (χ1v) is 6.60. The predicted molar refractivity (Wildman–Crippen MR) is 62.2 cm³/mol. The summed E-state index contributed by atoms with van der Waals surface area (Å²) in [5, 5.41) is 0. The Balaban J connectivity index is 1.72. The second-order valence-corrected chi connectivity index (χ2v) is 5.57. The lowest BCUT2D eigenvalue weighted by atomic mass is 9.85. The third-order valence-electron chi connectivity index (χ3n) is 4.17. The van der Waals surface area contributed by atoms with Gasteiger partial charge in [0.25, 0.3) is 0 Å². The summed E-state index contributed by atoms with van der Waals surface area (Å²) >= 11 is 0. The highest BCUT2D eigenvalue weighted by Crippen LogP contribution is 2.46. The molecule has 3 fully saturated rings. The molecule has 0 aromatic heterocycles. The number of hydrogen-bond acceptors (Lipinski definition) is 5. The average molecular weight is 256 g/mol. The first-order chi connectivity index (χ1) is 8.63. The van der Waals surface area contributed by atoms with E-state index >= 15 is 0 Å². The van der Waals surface area contributed by atoms with Crippen LogP contribution in [-0.2, 0) is 23.7 Å². The molecule has 0 amide bonds. The molecule has 1 spiro atoms. The van der Waals surface area contributed by atoms with Crippen molar-refractivity contribution >= 4 is 5.78 Å². The van der Waals surface area contributed by atoms with Crippen molar-refractivity contribution in [3.63, 3.8) is 0 Å². The van der Waals surface area contributed by atoms with Gasteiger partial charge in [-0.3, -0.25) is 4.79 Å². The Bertz CT molecular complexity index is 344. The fraction of sp³-hybridized carbons (Fsp3) is 0.923. The number of Topliss-reactive ketones (excluding diaryl/α,β-unsaturated/α-hetero) is 1. The monoisotopic (exact) mass is 256 g/mol. The number of carbonyl (C=O) groups is 1. The number of hydrogen-bond donors (Lipinski definition) is 0. The first kappa shape index (κ1) is 12.5. The highest BCUT2D eigenvalue weighted by molar-refractivity contribution is 5.76. The van der Waals surface area contributed by atoms with Gasteiger partial charge in [-0.25, -0.2) is 0 Å². The van der Waals surface area contributed by atoms with Gasteiger partial charge in [0.05, 0.1) is 18.8 Å². The van der Waals surface area contributed by atoms with Crippen molar-refractivity contribution in [2.24, 2.45) is 0 Å². The summed E-state index contributed by atoms with van der Waals surface area (Å²) in [6, 6.07) is 0. The highest BCUT2D eigenvalue weighted by atomic mass is 16.7. The molecule has 0 aromatic rings. The third-order valence-corrected chi connectivity index (χ3v) is 4.17. The Hall–Kier alpha value is -0.490. The smallest absolute Gasteiger partial charge is 0.183 e. The summed E-state index contributed by atoms with van der Waals surface area (Å²) in [4.78, 5) is 11.2. The molecule has 5 heteroatoms. The molecule has 2 bridgehead atoms. The van der Waals surface area contributed by atoms with Gasteiger partial charge in [-0.15, -0.1) is 0 Å². The zero-order valence-electron chi connectivity index (χ0n) is 10.9. The van der Waals surface area contributed by atoms with Gasteiger partial charge < -0.3 is 18.9 Å². The Morgan fingerprint density at radius 2 is 2.28 bits per heavy atom. The normalized spacial score (nSPS) is 46.8. The van der Waals surface area contributed by atoms with Crippen molar-refractivity contribution in [2.75, 3.05) is 13.7 Å². The SMILES string of the molecule is CO[C@@H]1OCC23CC1OC2CCC(CC(C)=O)O3. The van der Waals surface area contributed by atoms with E-state index in [1.165, 1.54) is 0 Å². The number of fused-ring (bicyclic) bond motifs is 1. The van der Waals surface area contributed by atoms with Crippen molar-refractivity contribution in [3.05, 3.63) is 0 Å². The van der Waals surface area contributed by atoms with E-state index in [0.717, 1.165) is 19.3 Å². The number of ketones is 1. The van der Waals surface area contributed by atoms with E-state index in [2.05, 4.69) is 0 Å². The van der Waals surface area contributed by atoms with Crippen LogP contribution in [0.1, 0.15) is 32.6 Å². The second kappa shape index (κ2) is 4.56. The predicted octanol–water partition coefficient (Wildman–Crippen LogP) is 1.04. The van der Waals surface area contributed by atoms with Gasteiger partial charge in [0, 0.05) is 20.0 Å². The topological polar surface area (TPSA) is 54.0 Å². The molecule has 0 radical (unpaired) electrons. The van der Waals surface area contributed by atoms with Crippen molar-refractivity contribution in [3.8, 4) is 0 Å². The molecule has 18 heavy (non-hydrogen) atoms. The summed E-state index contributed by atoms with van der Waals surface area (Å²) < 4.78 is 23.1. The molecule has 5 nitrogen and oxygen atoms in total. The van der Waals surface area contributed by atoms with Crippen molar-refractivity contribution in [1.82, 2.24) is 0 Å². The molecule has 0 aliphatic carbocycles. The maximum Gasteiger partial charge on any atom is 0.183 e. The van der Waals surface area contributed by atoms with Crippen LogP contribution in [0.4, 0.5) is 0 Å². The minimum Gasteiger partial charge on any atom is -0.366 e. The highest BCUT2D eigenvalue weighted by Gasteiger charge is 2.58. The van der Waals surface area contributed by atoms with Gasteiger partial charge in [0.15, 0.2) is 6.29 Å². The van der Waals surface area contributed by atoms with E-state index in [0.29, 0.717) is 13.0 Å². The summed E-state index contributed by atoms with van der Waals surface area (Å²) in [7, 11) is 1.63. The standard InChI is InChI=1S/C13H20O5/c1-8(14)5-9-3-4-11-13(18-9)6-10(17-11)12(15-2)16-7-13/h9-12H,3-7H2,1-2H3/t9?,10?,11?,12-,13?/m1/s1. The zero-order chi connectivity index (χ0) is 12.8. The average Bonchev–Trinajstić information content (AvgIpc) is 2.61. The summed E-state index contributed by atoms with van der Waals surface area (Å²) in [5.74, 6) is 0.178. The van der Waals surface area contributed by atoms with Crippen LogP contribution < -0.4 is 0 Å². The van der Waals surface area contributed by atoms with Crippen molar-refractivity contribution in [2.45, 2.75) is 62.8 Å². The lowest BCUT2D eigenvalue weighted by molar-refractivity contribution is -0.230. The number of carbonyl (C=O) groups excluding carboxylic acids is 1. The van der Waals surface area contributed by atoms with Gasteiger partial charge in [-0.2, -0.15) is 0 Å². The van der Waals surface area contributed by atoms with Crippen LogP contribution in [0.2, 0.25) is 0 Å². The minimum atomic E-state index is -0.349. The fourth-order valence-corrected chi connectivity index (χ4v) is 3.40. The number of ether oxygens (including phenoxy) is 4. The lowest BCUT2D eigenvalue weighted by Gasteiger charge is -2.43. The zero-order valence-corrected chi connectivity index (χ0v) is 10.9. The van der Waals surface area contributed by atoms with Gasteiger partial charge >= 0.3 is 0 Å². The van der Waals surface area contributed by atoms with Gasteiger partial charge in [-0.1, -0.05) is 0 Å². The summed E-state index contributed by atoms with van der Waals surface area (Å²) in [5.41, 5.74) is -0.349. The molecular formula is C13H20O5. The van der Waals surface area contributed by atoms with E-state index < -0.39 is 0 Å². The van der Waals surface area contributed by atoms with Gasteiger partial charge in [0.2, 0.25) is 0 Å². The Labute approximate surface area is 107 Å². The van der Waals surface area contributed by atoms with E-state index in [-0.39, 0.29) is 36.0 Å². The molecule has 0 N–H and O–H groups in total. The third kappa shape index (κ3) is 1.99.